The van der Waals surface area contributed by atoms with Crippen molar-refractivity contribution in [3.8, 4) is 11.5 Å². The van der Waals surface area contributed by atoms with Gasteiger partial charge < -0.3 is 20.1 Å². The van der Waals surface area contributed by atoms with Crippen LogP contribution in [-0.2, 0) is 11.8 Å². The predicted octanol–water partition coefficient (Wildman–Crippen LogP) is 1.70. The Balaban J connectivity index is 1.37. The van der Waals surface area contributed by atoms with Crippen molar-refractivity contribution in [1.82, 2.24) is 20.4 Å². The van der Waals surface area contributed by atoms with E-state index in [2.05, 4.69) is 15.7 Å². The minimum absolute atomic E-state index is 0.143. The summed E-state index contributed by atoms with van der Waals surface area (Å²) in [7, 11) is 1.80. The minimum Gasteiger partial charge on any atom is -0.454 e. The Morgan fingerprint density at radius 1 is 1.29 bits per heavy atom. The number of nitrogens with zero attached hydrogens (tertiary/aromatic N) is 3. The molecule has 1 aromatic heterocycles. The summed E-state index contributed by atoms with van der Waals surface area (Å²) in [4.78, 5) is 26.8. The van der Waals surface area contributed by atoms with Gasteiger partial charge >= 0.3 is 6.03 Å². The van der Waals surface area contributed by atoms with E-state index >= 15 is 0 Å². The van der Waals surface area contributed by atoms with Crippen molar-refractivity contribution >= 4 is 17.8 Å². The van der Waals surface area contributed by atoms with E-state index in [0.717, 1.165) is 12.0 Å². The molecule has 9 heteroatoms. The van der Waals surface area contributed by atoms with Gasteiger partial charge in [-0.1, -0.05) is 6.07 Å². The molecule has 3 heterocycles. The van der Waals surface area contributed by atoms with Crippen LogP contribution in [0.2, 0.25) is 0 Å². The molecule has 0 bridgehead atoms. The van der Waals surface area contributed by atoms with Crippen molar-refractivity contribution in [3.05, 3.63) is 36.0 Å². The first-order valence-corrected chi connectivity index (χ1v) is 9.29. The van der Waals surface area contributed by atoms with E-state index in [-0.39, 0.29) is 24.8 Å². The van der Waals surface area contributed by atoms with Crippen molar-refractivity contribution in [3.63, 3.8) is 0 Å². The maximum atomic E-state index is 12.8. The van der Waals surface area contributed by atoms with Crippen molar-refractivity contribution in [1.29, 1.82) is 0 Å². The van der Waals surface area contributed by atoms with Crippen molar-refractivity contribution in [2.75, 3.05) is 18.2 Å². The molecule has 2 unspecified atom stereocenters. The number of anilines is 1. The Kier molecular flexibility index (Phi) is 4.81. The number of amides is 3. The molecule has 4 rings (SSSR count). The second kappa shape index (κ2) is 7.41. The van der Waals surface area contributed by atoms with Gasteiger partial charge in [0.15, 0.2) is 17.3 Å². The van der Waals surface area contributed by atoms with Crippen LogP contribution in [0, 0.1) is 0 Å². The molecule has 0 saturated carbocycles. The number of piperidine rings is 1. The molecule has 2 aliphatic rings. The highest BCUT2D eigenvalue weighted by molar-refractivity contribution is 5.99. The first-order valence-electron chi connectivity index (χ1n) is 9.29. The summed E-state index contributed by atoms with van der Waals surface area (Å²) in [6.07, 6.45) is 3.19. The zero-order chi connectivity index (χ0) is 19.7. The van der Waals surface area contributed by atoms with Gasteiger partial charge in [-0.3, -0.25) is 14.4 Å². The van der Waals surface area contributed by atoms with Crippen LogP contribution >= 0.6 is 0 Å². The third-order valence-electron chi connectivity index (χ3n) is 4.96. The molecule has 1 aromatic carbocycles. The lowest BCUT2D eigenvalue weighted by Crippen LogP contribution is -2.54. The van der Waals surface area contributed by atoms with Crippen LogP contribution in [-0.4, -0.2) is 41.1 Å². The summed E-state index contributed by atoms with van der Waals surface area (Å²) >= 11 is 0. The fraction of sp³-hybridized carbons (Fsp3) is 0.421. The number of urea groups is 1. The monoisotopic (exact) mass is 385 g/mol. The van der Waals surface area contributed by atoms with E-state index in [1.807, 2.05) is 25.1 Å². The Bertz CT molecular complexity index is 896. The van der Waals surface area contributed by atoms with E-state index in [4.69, 9.17) is 9.47 Å². The molecule has 1 fully saturated rings. The van der Waals surface area contributed by atoms with Gasteiger partial charge in [0.2, 0.25) is 6.79 Å². The lowest BCUT2D eigenvalue weighted by atomic mass is 10.0. The number of aromatic nitrogens is 2. The zero-order valence-electron chi connectivity index (χ0n) is 15.8. The van der Waals surface area contributed by atoms with E-state index in [1.165, 1.54) is 0 Å². The van der Waals surface area contributed by atoms with E-state index < -0.39 is 6.04 Å². The number of benzene rings is 1. The molecule has 2 aromatic rings. The van der Waals surface area contributed by atoms with Gasteiger partial charge in [0.25, 0.3) is 5.91 Å². The molecule has 2 N–H and O–H groups in total. The Morgan fingerprint density at radius 2 is 2.11 bits per heavy atom. The van der Waals surface area contributed by atoms with Crippen LogP contribution in [0.5, 0.6) is 11.5 Å². The molecular formula is C19H23N5O4. The Hall–Kier alpha value is -3.23. The molecule has 2 atom stereocenters. The van der Waals surface area contributed by atoms with Gasteiger partial charge in [0.05, 0.1) is 6.04 Å². The zero-order valence-corrected chi connectivity index (χ0v) is 15.8. The quantitative estimate of drug-likeness (QED) is 0.835. The maximum absolute atomic E-state index is 12.8. The second-order valence-electron chi connectivity index (χ2n) is 6.98. The summed E-state index contributed by atoms with van der Waals surface area (Å²) in [6.45, 7) is 2.68. The highest BCUT2D eigenvalue weighted by Gasteiger charge is 2.32. The summed E-state index contributed by atoms with van der Waals surface area (Å²) in [5.41, 5.74) is 0.893. The van der Waals surface area contributed by atoms with Crippen LogP contribution in [0.3, 0.4) is 0 Å². The van der Waals surface area contributed by atoms with E-state index in [1.54, 1.807) is 28.9 Å². The number of carbonyl (C=O) groups is 2. The average molecular weight is 385 g/mol. The number of hydrogen-bond acceptors (Lipinski definition) is 5. The molecule has 2 aliphatic heterocycles. The SMILES string of the molecule is CC(NC(=O)NC1CCCN(c2ccn(C)n2)C1=O)c1ccc2c(c1)OCO2. The highest BCUT2D eigenvalue weighted by atomic mass is 16.7. The molecular weight excluding hydrogens is 362 g/mol. The van der Waals surface area contributed by atoms with Gasteiger partial charge in [0, 0.05) is 25.9 Å². The molecule has 148 valence electrons. The van der Waals surface area contributed by atoms with Crippen molar-refractivity contribution in [2.45, 2.75) is 31.8 Å². The second-order valence-corrected chi connectivity index (χ2v) is 6.98. The van der Waals surface area contributed by atoms with Crippen LogP contribution < -0.4 is 25.0 Å². The lowest BCUT2D eigenvalue weighted by Gasteiger charge is -2.31. The van der Waals surface area contributed by atoms with E-state index in [0.29, 0.717) is 30.3 Å². The lowest BCUT2D eigenvalue weighted by molar-refractivity contribution is -0.121. The number of carbonyl (C=O) groups excluding carboxylic acids is 2. The summed E-state index contributed by atoms with van der Waals surface area (Å²) < 4.78 is 12.3. The first-order chi connectivity index (χ1) is 13.5. The third-order valence-corrected chi connectivity index (χ3v) is 4.96. The number of hydrogen-bond donors (Lipinski definition) is 2. The van der Waals surface area contributed by atoms with Gasteiger partial charge in [0.1, 0.15) is 6.04 Å². The minimum atomic E-state index is -0.570. The fourth-order valence-corrected chi connectivity index (χ4v) is 3.45. The molecule has 9 nitrogen and oxygen atoms in total. The smallest absolute Gasteiger partial charge is 0.315 e. The summed E-state index contributed by atoms with van der Waals surface area (Å²) in [5, 5.41) is 9.96. The molecule has 0 aliphatic carbocycles. The van der Waals surface area contributed by atoms with Crippen molar-refractivity contribution in [2.24, 2.45) is 7.05 Å². The predicted molar refractivity (Wildman–Crippen MR) is 101 cm³/mol. The molecule has 3 amide bonds. The van der Waals surface area contributed by atoms with Gasteiger partial charge in [-0.05, 0) is 37.5 Å². The Morgan fingerprint density at radius 3 is 2.89 bits per heavy atom. The number of nitrogens with one attached hydrogen (secondary N) is 2. The van der Waals surface area contributed by atoms with Crippen LogP contribution in [0.1, 0.15) is 31.4 Å². The summed E-state index contributed by atoms with van der Waals surface area (Å²) in [5.74, 6) is 1.83. The average Bonchev–Trinajstić information content (AvgIpc) is 3.31. The molecule has 1 saturated heterocycles. The molecule has 28 heavy (non-hydrogen) atoms. The fourth-order valence-electron chi connectivity index (χ4n) is 3.45. The first kappa shape index (κ1) is 18.1. The third kappa shape index (κ3) is 3.60. The van der Waals surface area contributed by atoms with Crippen LogP contribution in [0.4, 0.5) is 10.6 Å². The molecule has 0 spiro atoms. The van der Waals surface area contributed by atoms with Gasteiger partial charge in [-0.25, -0.2) is 4.79 Å². The van der Waals surface area contributed by atoms with Crippen molar-refractivity contribution < 1.29 is 19.1 Å². The van der Waals surface area contributed by atoms with Crippen LogP contribution in [0.25, 0.3) is 0 Å². The largest absolute Gasteiger partial charge is 0.454 e. The van der Waals surface area contributed by atoms with E-state index in [9.17, 15) is 9.59 Å². The van der Waals surface area contributed by atoms with Crippen LogP contribution in [0.15, 0.2) is 30.5 Å². The number of aryl methyl sites for hydroxylation is 1. The van der Waals surface area contributed by atoms with Gasteiger partial charge in [-0.2, -0.15) is 5.10 Å². The number of fused-ring (bicyclic) bond motifs is 1. The standard InChI is InChI=1S/C19H23N5O4/c1-12(13-5-6-15-16(10-13)28-11-27-15)20-19(26)21-14-4-3-8-24(18(14)25)17-7-9-23(2)22-17/h5-7,9-10,12,14H,3-4,8,11H2,1-2H3,(H2,20,21,26). The Labute approximate surface area is 162 Å². The number of ether oxygens (including phenoxy) is 2. The summed E-state index contributed by atoms with van der Waals surface area (Å²) in [6, 6.07) is 6.14. The topological polar surface area (TPSA) is 97.7 Å². The molecule has 0 radical (unpaired) electrons. The number of rotatable bonds is 4. The normalized spacial score (nSPS) is 19.4. The maximum Gasteiger partial charge on any atom is 0.315 e. The highest BCUT2D eigenvalue weighted by Crippen LogP contribution is 2.34. The van der Waals surface area contributed by atoms with Gasteiger partial charge in [-0.15, -0.1) is 0 Å².